The van der Waals surface area contributed by atoms with Gasteiger partial charge in [0.25, 0.3) is 5.91 Å². The van der Waals surface area contributed by atoms with Crippen LogP contribution in [-0.2, 0) is 16.1 Å². The van der Waals surface area contributed by atoms with Gasteiger partial charge < -0.3 is 15.0 Å². The van der Waals surface area contributed by atoms with E-state index in [2.05, 4.69) is 24.1 Å². The Kier molecular flexibility index (Phi) is 10.2. The van der Waals surface area contributed by atoms with Crippen molar-refractivity contribution in [1.82, 2.24) is 10.2 Å². The lowest BCUT2D eigenvalue weighted by atomic mass is 10.00. The van der Waals surface area contributed by atoms with Crippen molar-refractivity contribution in [1.29, 1.82) is 0 Å². The molecule has 0 radical (unpaired) electrons. The molecule has 33 heavy (non-hydrogen) atoms. The van der Waals surface area contributed by atoms with Crippen molar-refractivity contribution in [3.63, 3.8) is 0 Å². The van der Waals surface area contributed by atoms with E-state index in [9.17, 15) is 9.59 Å². The number of anilines is 1. The van der Waals surface area contributed by atoms with Crippen LogP contribution in [0.15, 0.2) is 18.2 Å². The van der Waals surface area contributed by atoms with Crippen LogP contribution < -0.4 is 10.2 Å². The van der Waals surface area contributed by atoms with Gasteiger partial charge in [-0.1, -0.05) is 33.1 Å². The molecule has 1 saturated heterocycles. The monoisotopic (exact) mass is 457 g/mol. The Hall–Kier alpha value is -1.92. The van der Waals surface area contributed by atoms with Gasteiger partial charge in [-0.3, -0.25) is 14.5 Å². The Labute approximate surface area is 200 Å². The van der Waals surface area contributed by atoms with Gasteiger partial charge in [0.1, 0.15) is 0 Å². The summed E-state index contributed by atoms with van der Waals surface area (Å²) < 4.78 is 5.43. The van der Waals surface area contributed by atoms with Crippen LogP contribution in [0, 0.1) is 11.8 Å². The van der Waals surface area contributed by atoms with Crippen molar-refractivity contribution in [2.45, 2.75) is 72.3 Å². The van der Waals surface area contributed by atoms with Crippen molar-refractivity contribution < 1.29 is 14.3 Å². The lowest BCUT2D eigenvalue weighted by Gasteiger charge is -2.30. The first kappa shape index (κ1) is 25.7. The Morgan fingerprint density at radius 2 is 1.76 bits per heavy atom. The number of rotatable bonds is 5. The number of nitrogens with one attached hydrogen (secondary N) is 1. The van der Waals surface area contributed by atoms with Gasteiger partial charge in [0.05, 0.1) is 0 Å². The summed E-state index contributed by atoms with van der Waals surface area (Å²) in [5.74, 6) is 1.10. The third kappa shape index (κ3) is 8.11. The Morgan fingerprint density at radius 3 is 2.45 bits per heavy atom. The van der Waals surface area contributed by atoms with E-state index < -0.39 is 0 Å². The first-order chi connectivity index (χ1) is 15.9. The van der Waals surface area contributed by atoms with E-state index in [0.717, 1.165) is 76.3 Å². The van der Waals surface area contributed by atoms with Gasteiger partial charge in [-0.2, -0.15) is 0 Å². The normalized spacial score (nSPS) is 19.5. The van der Waals surface area contributed by atoms with Crippen LogP contribution in [0.25, 0.3) is 0 Å². The van der Waals surface area contributed by atoms with Crippen LogP contribution in [-0.4, -0.2) is 56.1 Å². The van der Waals surface area contributed by atoms with E-state index in [0.29, 0.717) is 23.9 Å². The van der Waals surface area contributed by atoms with E-state index in [1.807, 2.05) is 23.1 Å². The number of ether oxygens (including phenoxy) is 1. The molecule has 3 rings (SSSR count). The minimum absolute atomic E-state index is 0.0276. The molecule has 2 aliphatic rings. The van der Waals surface area contributed by atoms with Gasteiger partial charge in [-0.25, -0.2) is 0 Å². The van der Waals surface area contributed by atoms with Crippen molar-refractivity contribution in [3.05, 3.63) is 29.3 Å². The molecule has 0 aromatic heterocycles. The van der Waals surface area contributed by atoms with E-state index in [-0.39, 0.29) is 11.8 Å². The molecule has 0 bridgehead atoms. The fourth-order valence-corrected chi connectivity index (χ4v) is 4.98. The maximum absolute atomic E-state index is 13.0. The zero-order valence-corrected chi connectivity index (χ0v) is 20.9. The van der Waals surface area contributed by atoms with Crippen molar-refractivity contribution in [2.24, 2.45) is 11.8 Å². The number of hydrogen-bond acceptors (Lipinski definition) is 4. The second kappa shape index (κ2) is 13.1. The fraction of sp³-hybridized carbons (Fsp3) is 0.704. The molecule has 1 fully saturated rings. The highest BCUT2D eigenvalue weighted by Gasteiger charge is 2.21. The molecule has 184 valence electrons. The summed E-state index contributed by atoms with van der Waals surface area (Å²) in [6.45, 7) is 12.0. The molecule has 6 heteroatoms. The molecular formula is C27H43N3O3. The molecule has 2 heterocycles. The molecule has 1 aromatic rings. The van der Waals surface area contributed by atoms with Crippen LogP contribution in [0.1, 0.15) is 81.6 Å². The van der Waals surface area contributed by atoms with Crippen molar-refractivity contribution >= 4 is 17.5 Å². The largest absolute Gasteiger partial charge is 0.381 e. The van der Waals surface area contributed by atoms with Crippen LogP contribution in [0.5, 0.6) is 0 Å². The van der Waals surface area contributed by atoms with Gasteiger partial charge in [0.2, 0.25) is 5.91 Å². The number of nitrogens with zero attached hydrogens (tertiary/aromatic N) is 2. The molecule has 0 spiro atoms. The maximum Gasteiger partial charge on any atom is 0.251 e. The summed E-state index contributed by atoms with van der Waals surface area (Å²) in [5.41, 5.74) is 2.71. The SMILES string of the molecule is CC(=O)N1CCCCCCCN(CC(C)C)Cc2cc(C(=O)NCC3CCOCC3)ccc21. The number of benzene rings is 1. The number of carbonyl (C=O) groups is 2. The van der Waals surface area contributed by atoms with Crippen LogP contribution >= 0.6 is 0 Å². The number of fused-ring (bicyclic) bond motifs is 1. The summed E-state index contributed by atoms with van der Waals surface area (Å²) in [6, 6.07) is 5.88. The molecular weight excluding hydrogens is 414 g/mol. The van der Waals surface area contributed by atoms with Crippen molar-refractivity contribution in [3.8, 4) is 0 Å². The highest BCUT2D eigenvalue weighted by Crippen LogP contribution is 2.26. The Bertz CT molecular complexity index is 774. The van der Waals surface area contributed by atoms with Gasteiger partial charge in [-0.05, 0) is 67.8 Å². The minimum atomic E-state index is -0.0276. The first-order valence-corrected chi connectivity index (χ1v) is 12.9. The predicted octanol–water partition coefficient (Wildman–Crippen LogP) is 4.62. The van der Waals surface area contributed by atoms with E-state index >= 15 is 0 Å². The standard InChI is InChI=1S/C27H43N3O3/c1-21(2)19-29-13-7-5-4-6-8-14-30(22(3)31)26-10-9-24(17-25(26)20-29)27(32)28-18-23-11-15-33-16-12-23/h9-10,17,21,23H,4-8,11-16,18-20H2,1-3H3,(H,28,32). The van der Waals surface area contributed by atoms with Gasteiger partial charge in [0.15, 0.2) is 0 Å². The minimum Gasteiger partial charge on any atom is -0.381 e. The van der Waals surface area contributed by atoms with Crippen LogP contribution in [0.2, 0.25) is 0 Å². The van der Waals surface area contributed by atoms with Crippen molar-refractivity contribution in [2.75, 3.05) is 44.3 Å². The third-order valence-corrected chi connectivity index (χ3v) is 6.78. The van der Waals surface area contributed by atoms with Crippen LogP contribution in [0.4, 0.5) is 5.69 Å². The lowest BCUT2D eigenvalue weighted by Crippen LogP contribution is -2.34. The molecule has 0 atom stereocenters. The molecule has 0 aliphatic carbocycles. The van der Waals surface area contributed by atoms with Gasteiger partial charge in [-0.15, -0.1) is 0 Å². The van der Waals surface area contributed by atoms with Crippen LogP contribution in [0.3, 0.4) is 0 Å². The summed E-state index contributed by atoms with van der Waals surface area (Å²) in [5, 5.41) is 3.13. The summed E-state index contributed by atoms with van der Waals surface area (Å²) in [4.78, 5) is 29.9. The molecule has 1 aromatic carbocycles. The van der Waals surface area contributed by atoms with Gasteiger partial charge >= 0.3 is 0 Å². The summed E-state index contributed by atoms with van der Waals surface area (Å²) >= 11 is 0. The van der Waals surface area contributed by atoms with E-state index in [1.54, 1.807) is 6.92 Å². The number of carbonyl (C=O) groups excluding carboxylic acids is 2. The third-order valence-electron chi connectivity index (χ3n) is 6.78. The molecule has 2 amide bonds. The number of hydrogen-bond donors (Lipinski definition) is 1. The highest BCUT2D eigenvalue weighted by atomic mass is 16.5. The Morgan fingerprint density at radius 1 is 1.06 bits per heavy atom. The van der Waals surface area contributed by atoms with Gasteiger partial charge in [0, 0.05) is 57.6 Å². The average Bonchev–Trinajstić information content (AvgIpc) is 2.78. The average molecular weight is 458 g/mol. The quantitative estimate of drug-likeness (QED) is 0.701. The summed E-state index contributed by atoms with van der Waals surface area (Å²) in [7, 11) is 0. The fourth-order valence-electron chi connectivity index (χ4n) is 4.98. The molecule has 6 nitrogen and oxygen atoms in total. The smallest absolute Gasteiger partial charge is 0.251 e. The predicted molar refractivity (Wildman–Crippen MR) is 134 cm³/mol. The molecule has 0 saturated carbocycles. The maximum atomic E-state index is 13.0. The second-order valence-corrected chi connectivity index (χ2v) is 10.2. The zero-order valence-electron chi connectivity index (χ0n) is 20.9. The molecule has 2 aliphatic heterocycles. The first-order valence-electron chi connectivity index (χ1n) is 12.9. The summed E-state index contributed by atoms with van der Waals surface area (Å²) in [6.07, 6.45) is 7.82. The lowest BCUT2D eigenvalue weighted by molar-refractivity contribution is -0.116. The Balaban J connectivity index is 1.83. The molecule has 1 N–H and O–H groups in total. The second-order valence-electron chi connectivity index (χ2n) is 10.2. The molecule has 0 unspecified atom stereocenters. The zero-order chi connectivity index (χ0) is 23.6. The van der Waals surface area contributed by atoms with E-state index in [4.69, 9.17) is 4.74 Å². The number of amides is 2. The highest BCUT2D eigenvalue weighted by molar-refractivity contribution is 5.97. The topological polar surface area (TPSA) is 61.9 Å². The van der Waals surface area contributed by atoms with E-state index in [1.165, 1.54) is 19.3 Å².